The number of piperazine rings is 1. The van der Waals surface area contributed by atoms with E-state index >= 15 is 0 Å². The molecule has 0 unspecified atom stereocenters. The number of methoxy groups -OCH3 is 1. The lowest BCUT2D eigenvalue weighted by atomic mass is 9.92. The average molecular weight is 615 g/mol. The van der Waals surface area contributed by atoms with Crippen molar-refractivity contribution in [1.82, 2.24) is 19.6 Å². The molecule has 0 aliphatic carbocycles. The summed E-state index contributed by atoms with van der Waals surface area (Å²) in [4.78, 5) is 9.85. The van der Waals surface area contributed by atoms with Crippen LogP contribution < -0.4 is 0 Å². The number of rotatable bonds is 8. The molecule has 2 aliphatic heterocycles. The second-order valence-corrected chi connectivity index (χ2v) is 18.1. The molecule has 2 aliphatic rings. The van der Waals surface area contributed by atoms with Crippen LogP contribution in [0.5, 0.6) is 0 Å². The summed E-state index contributed by atoms with van der Waals surface area (Å²) in [7, 11) is 8.18. The third-order valence-corrected chi connectivity index (χ3v) is 7.77. The standard InChI is InChI=1S/C11H24N2.C11H23N.C8H19N.C7H16O.CH4/c1-11(2,3)5-6-13-9-7-12(4)8-10-13;1-11(2,3)7-10-12-8-5-4-6-9-12;1-8(2,3)6-7-9(4)5;1-7(2,3)5-6-8-4;/h5-10H2,1-4H3;4-10H2,1-3H3;6-7H2,1-5H3;5-6H2,1-4H3;1H4. The molecule has 2 fully saturated rings. The zero-order valence-electron chi connectivity index (χ0n) is 32.2. The number of likely N-dealkylation sites (tertiary alicyclic amines) is 1. The topological polar surface area (TPSA) is 22.2 Å². The molecule has 2 heterocycles. The fraction of sp³-hybridized carbons (Fsp3) is 1.00. The molecule has 0 aromatic rings. The third kappa shape index (κ3) is 39.8. The van der Waals surface area contributed by atoms with Gasteiger partial charge in [-0.2, -0.15) is 0 Å². The van der Waals surface area contributed by atoms with Crippen LogP contribution in [0.1, 0.15) is 135 Å². The van der Waals surface area contributed by atoms with E-state index < -0.39 is 0 Å². The summed E-state index contributed by atoms with van der Waals surface area (Å²) in [5.74, 6) is 0. The molecule has 0 aromatic heterocycles. The maximum absolute atomic E-state index is 4.92. The van der Waals surface area contributed by atoms with Gasteiger partial charge in [-0.25, -0.2) is 0 Å². The first-order valence-electron chi connectivity index (χ1n) is 17.3. The van der Waals surface area contributed by atoms with E-state index in [1.165, 1.54) is 97.4 Å². The minimum absolute atomic E-state index is 0. The van der Waals surface area contributed by atoms with E-state index in [9.17, 15) is 0 Å². The van der Waals surface area contributed by atoms with Gasteiger partial charge in [0.05, 0.1) is 0 Å². The third-order valence-electron chi connectivity index (χ3n) is 7.77. The summed E-state index contributed by atoms with van der Waals surface area (Å²) in [5.41, 5.74) is 1.92. The molecule has 264 valence electrons. The molecule has 0 amide bonds. The van der Waals surface area contributed by atoms with Gasteiger partial charge < -0.3 is 24.3 Å². The van der Waals surface area contributed by atoms with Crippen molar-refractivity contribution in [2.75, 3.05) is 93.8 Å². The summed E-state index contributed by atoms with van der Waals surface area (Å²) in [6.07, 6.45) is 9.37. The van der Waals surface area contributed by atoms with E-state index in [0.717, 1.165) is 13.0 Å². The Labute approximate surface area is 274 Å². The Hall–Kier alpha value is -0.200. The average Bonchev–Trinajstić information content (AvgIpc) is 2.85. The second kappa shape index (κ2) is 24.0. The number of hydrogen-bond donors (Lipinski definition) is 0. The van der Waals surface area contributed by atoms with Crippen molar-refractivity contribution in [1.29, 1.82) is 0 Å². The largest absolute Gasteiger partial charge is 0.385 e. The molecule has 43 heavy (non-hydrogen) atoms. The Morgan fingerprint density at radius 1 is 0.535 bits per heavy atom. The molecular weight excluding hydrogens is 528 g/mol. The van der Waals surface area contributed by atoms with Crippen LogP contribution in [0.25, 0.3) is 0 Å². The van der Waals surface area contributed by atoms with Crippen molar-refractivity contribution in [3.63, 3.8) is 0 Å². The van der Waals surface area contributed by atoms with Crippen LogP contribution in [0.2, 0.25) is 0 Å². The van der Waals surface area contributed by atoms with Crippen molar-refractivity contribution in [2.24, 2.45) is 21.7 Å². The highest BCUT2D eigenvalue weighted by Gasteiger charge is 2.17. The van der Waals surface area contributed by atoms with E-state index in [4.69, 9.17) is 4.74 Å². The van der Waals surface area contributed by atoms with Crippen LogP contribution in [-0.2, 0) is 4.74 Å². The van der Waals surface area contributed by atoms with Crippen molar-refractivity contribution in [2.45, 2.75) is 135 Å². The van der Waals surface area contributed by atoms with Crippen LogP contribution in [0.4, 0.5) is 0 Å². The van der Waals surface area contributed by atoms with E-state index in [-0.39, 0.29) is 7.43 Å². The first kappa shape index (κ1) is 47.2. The molecule has 2 saturated heterocycles. The lowest BCUT2D eigenvalue weighted by Crippen LogP contribution is -2.45. The van der Waals surface area contributed by atoms with Gasteiger partial charge in [0.1, 0.15) is 0 Å². The maximum atomic E-state index is 4.92. The molecule has 0 atom stereocenters. The molecular formula is C38H86N4O. The van der Waals surface area contributed by atoms with Gasteiger partial charge in [-0.1, -0.05) is 96.9 Å². The van der Waals surface area contributed by atoms with Gasteiger partial charge >= 0.3 is 0 Å². The SMILES string of the molecule is C.CC(C)(C)CCN1CCCCC1.CN(C)CCC(C)(C)C.CN1CCN(CCC(C)(C)C)CC1.COCCC(C)(C)C. The zero-order chi connectivity index (χ0) is 33.0. The molecule has 0 N–H and O–H groups in total. The van der Waals surface area contributed by atoms with Crippen LogP contribution in [0, 0.1) is 21.7 Å². The van der Waals surface area contributed by atoms with Gasteiger partial charge in [0.2, 0.25) is 0 Å². The molecule has 0 bridgehead atoms. The van der Waals surface area contributed by atoms with Gasteiger partial charge in [-0.3, -0.25) is 0 Å². The summed E-state index contributed by atoms with van der Waals surface area (Å²) < 4.78 is 4.92. The van der Waals surface area contributed by atoms with E-state index in [1.807, 2.05) is 0 Å². The molecule has 0 radical (unpaired) electrons. The van der Waals surface area contributed by atoms with Gasteiger partial charge in [-0.15, -0.1) is 0 Å². The first-order valence-corrected chi connectivity index (χ1v) is 17.3. The zero-order valence-corrected chi connectivity index (χ0v) is 32.2. The first-order chi connectivity index (χ1) is 19.0. The molecule has 5 nitrogen and oxygen atoms in total. The normalized spacial score (nSPS) is 17.5. The minimum Gasteiger partial charge on any atom is -0.385 e. The second-order valence-electron chi connectivity index (χ2n) is 18.1. The smallest absolute Gasteiger partial charge is 0.0467 e. The van der Waals surface area contributed by atoms with Crippen LogP contribution >= 0.6 is 0 Å². The Morgan fingerprint density at radius 3 is 1.19 bits per heavy atom. The Kier molecular flexibility index (Phi) is 26.4. The number of piperidine rings is 1. The summed E-state index contributed by atoms with van der Waals surface area (Å²) in [6.45, 7) is 39.8. The van der Waals surface area contributed by atoms with Crippen LogP contribution in [0.3, 0.4) is 0 Å². The number of ether oxygens (including phenoxy) is 1. The lowest BCUT2D eigenvalue weighted by molar-refractivity contribution is 0.139. The summed E-state index contributed by atoms with van der Waals surface area (Å²) in [6, 6.07) is 0. The van der Waals surface area contributed by atoms with Gasteiger partial charge in [0.25, 0.3) is 0 Å². The van der Waals surface area contributed by atoms with E-state index in [0.29, 0.717) is 21.7 Å². The molecule has 2 rings (SSSR count). The van der Waals surface area contributed by atoms with Crippen molar-refractivity contribution in [3.8, 4) is 0 Å². The molecule has 5 heteroatoms. The van der Waals surface area contributed by atoms with E-state index in [2.05, 4.69) is 124 Å². The highest BCUT2D eigenvalue weighted by atomic mass is 16.5. The quantitative estimate of drug-likeness (QED) is 0.271. The molecule has 0 saturated carbocycles. The Bertz CT molecular complexity index is 593. The lowest BCUT2D eigenvalue weighted by Gasteiger charge is -2.33. The van der Waals surface area contributed by atoms with E-state index in [1.54, 1.807) is 7.11 Å². The predicted octanol–water partition coefficient (Wildman–Crippen LogP) is 9.27. The number of likely N-dealkylation sites (N-methyl/N-ethyl adjacent to an activating group) is 1. The van der Waals surface area contributed by atoms with Crippen LogP contribution in [0.15, 0.2) is 0 Å². The Morgan fingerprint density at radius 2 is 0.907 bits per heavy atom. The highest BCUT2D eigenvalue weighted by molar-refractivity contribution is 4.72. The number of nitrogens with zero attached hydrogens (tertiary/aromatic N) is 4. The van der Waals surface area contributed by atoms with Crippen LogP contribution in [-0.4, -0.2) is 113 Å². The summed E-state index contributed by atoms with van der Waals surface area (Å²) in [5, 5.41) is 0. The van der Waals surface area contributed by atoms with Crippen molar-refractivity contribution >= 4 is 0 Å². The van der Waals surface area contributed by atoms with Gasteiger partial charge in [-0.05, 0) is 114 Å². The predicted molar refractivity (Wildman–Crippen MR) is 198 cm³/mol. The number of hydrogen-bond acceptors (Lipinski definition) is 5. The fourth-order valence-corrected chi connectivity index (χ4v) is 4.21. The summed E-state index contributed by atoms with van der Waals surface area (Å²) >= 11 is 0. The molecule has 0 spiro atoms. The fourth-order valence-electron chi connectivity index (χ4n) is 4.21. The maximum Gasteiger partial charge on any atom is 0.0467 e. The minimum atomic E-state index is 0. The molecule has 0 aromatic carbocycles. The Balaban J connectivity index is -0.000000502. The van der Waals surface area contributed by atoms with Crippen molar-refractivity contribution in [3.05, 3.63) is 0 Å². The highest BCUT2D eigenvalue weighted by Crippen LogP contribution is 2.21. The van der Waals surface area contributed by atoms with Crippen molar-refractivity contribution < 1.29 is 4.74 Å². The van der Waals surface area contributed by atoms with Gasteiger partial charge in [0.15, 0.2) is 0 Å². The monoisotopic (exact) mass is 615 g/mol. The van der Waals surface area contributed by atoms with Gasteiger partial charge in [0, 0.05) is 39.9 Å².